The van der Waals surface area contributed by atoms with Gasteiger partial charge in [0.15, 0.2) is 0 Å². The molecule has 22 heavy (non-hydrogen) atoms. The minimum absolute atomic E-state index is 0. The summed E-state index contributed by atoms with van der Waals surface area (Å²) < 4.78 is 14.0. The van der Waals surface area contributed by atoms with Crippen LogP contribution >= 0.6 is 24.8 Å². The number of benzene rings is 1. The third kappa shape index (κ3) is 4.78. The van der Waals surface area contributed by atoms with E-state index in [1.54, 1.807) is 0 Å². The summed E-state index contributed by atoms with van der Waals surface area (Å²) in [7, 11) is 0. The van der Waals surface area contributed by atoms with E-state index in [9.17, 15) is 14.5 Å². The average Bonchev–Trinajstić information content (AvgIpc) is 2.46. The van der Waals surface area contributed by atoms with Gasteiger partial charge in [-0.1, -0.05) is 0 Å². The van der Waals surface area contributed by atoms with Crippen molar-refractivity contribution >= 4 is 30.5 Å². The number of nitro groups is 1. The molecule has 1 saturated heterocycles. The van der Waals surface area contributed by atoms with E-state index in [-0.39, 0.29) is 42.5 Å². The Hall–Kier alpha value is -1.46. The first-order chi connectivity index (χ1) is 9.63. The van der Waals surface area contributed by atoms with Gasteiger partial charge in [-0.15, -0.1) is 24.8 Å². The van der Waals surface area contributed by atoms with Crippen molar-refractivity contribution in [3.63, 3.8) is 0 Å². The Balaban J connectivity index is 0.00000220. The summed E-state index contributed by atoms with van der Waals surface area (Å²) >= 11 is 0. The van der Waals surface area contributed by atoms with Gasteiger partial charge in [0, 0.05) is 43.9 Å². The van der Waals surface area contributed by atoms with E-state index in [0.29, 0.717) is 13.1 Å². The predicted molar refractivity (Wildman–Crippen MR) is 85.0 cm³/mol. The normalized spacial score (nSPS) is 15.8. The Morgan fingerprint density at radius 3 is 2.59 bits per heavy atom. The van der Waals surface area contributed by atoms with Crippen molar-refractivity contribution < 1.29 is 9.31 Å². The van der Waals surface area contributed by atoms with Gasteiger partial charge in [0.2, 0.25) is 0 Å². The van der Waals surface area contributed by atoms with Crippen LogP contribution in [0.2, 0.25) is 0 Å². The summed E-state index contributed by atoms with van der Waals surface area (Å²) in [6, 6.07) is 5.07. The lowest BCUT2D eigenvalue weighted by Gasteiger charge is -2.34. The van der Waals surface area contributed by atoms with Crippen molar-refractivity contribution in [1.29, 1.82) is 5.26 Å². The van der Waals surface area contributed by atoms with Crippen LogP contribution in [-0.4, -0.2) is 36.0 Å². The number of non-ortho nitro benzene ring substituents is 1. The number of rotatable bonds is 4. The molecule has 1 aromatic carbocycles. The Bertz CT molecular complexity index is 547. The molecule has 1 aliphatic heterocycles. The molecular weight excluding hydrogens is 334 g/mol. The number of piperazine rings is 1. The predicted octanol–water partition coefficient (Wildman–Crippen LogP) is 2.44. The number of hydrogen-bond acceptors (Lipinski definition) is 5. The van der Waals surface area contributed by atoms with Gasteiger partial charge in [0.25, 0.3) is 5.69 Å². The molecular formula is C13H17Cl2FN4O2. The molecule has 0 aromatic heterocycles. The molecule has 0 saturated carbocycles. The van der Waals surface area contributed by atoms with Crippen LogP contribution in [-0.2, 0) is 0 Å². The topological polar surface area (TPSA) is 82.2 Å². The highest BCUT2D eigenvalue weighted by Gasteiger charge is 2.26. The van der Waals surface area contributed by atoms with Crippen molar-refractivity contribution in [2.24, 2.45) is 0 Å². The first kappa shape index (κ1) is 20.5. The fourth-order valence-corrected chi connectivity index (χ4v) is 2.42. The second kappa shape index (κ2) is 9.54. The molecule has 1 aliphatic rings. The minimum atomic E-state index is -0.551. The highest BCUT2D eigenvalue weighted by molar-refractivity contribution is 5.85. The summed E-state index contributed by atoms with van der Waals surface area (Å²) in [6.45, 7) is 2.90. The zero-order chi connectivity index (χ0) is 14.5. The van der Waals surface area contributed by atoms with Crippen molar-refractivity contribution in [1.82, 2.24) is 10.2 Å². The molecule has 1 fully saturated rings. The summed E-state index contributed by atoms with van der Waals surface area (Å²) in [5.74, 6) is -0.505. The fourth-order valence-electron chi connectivity index (χ4n) is 2.42. The Kier molecular flexibility index (Phi) is 8.90. The largest absolute Gasteiger partial charge is 0.314 e. The maximum Gasteiger partial charge on any atom is 0.269 e. The molecule has 0 spiro atoms. The van der Waals surface area contributed by atoms with Crippen LogP contribution in [0, 0.1) is 27.3 Å². The SMILES string of the molecule is Cl.Cl.N#CC[C@H](c1cc([N+](=O)[O-])ccc1F)N1CCNCC1. The molecule has 1 aromatic rings. The van der Waals surface area contributed by atoms with Crippen molar-refractivity contribution in [3.05, 3.63) is 39.7 Å². The first-order valence-electron chi connectivity index (χ1n) is 6.39. The maximum absolute atomic E-state index is 14.0. The number of nitrogens with zero attached hydrogens (tertiary/aromatic N) is 3. The van der Waals surface area contributed by atoms with E-state index >= 15 is 0 Å². The number of nitriles is 1. The van der Waals surface area contributed by atoms with Crippen LogP contribution in [0.25, 0.3) is 0 Å². The maximum atomic E-state index is 14.0. The number of nitro benzene ring substituents is 1. The van der Waals surface area contributed by atoms with E-state index in [1.807, 2.05) is 11.0 Å². The van der Waals surface area contributed by atoms with Crippen LogP contribution < -0.4 is 5.32 Å². The van der Waals surface area contributed by atoms with Gasteiger partial charge in [0.05, 0.1) is 23.5 Å². The van der Waals surface area contributed by atoms with Crippen LogP contribution in [0.1, 0.15) is 18.0 Å². The molecule has 122 valence electrons. The van der Waals surface area contributed by atoms with Gasteiger partial charge >= 0.3 is 0 Å². The van der Waals surface area contributed by atoms with Gasteiger partial charge < -0.3 is 5.32 Å². The molecule has 0 radical (unpaired) electrons. The standard InChI is InChI=1S/C13H15FN4O2.2ClH/c14-12-2-1-10(18(19)20)9-11(12)13(3-4-15)17-7-5-16-6-8-17;;/h1-2,9,13,16H,3,5-8H2;2*1H/t13-;;/m1../s1. The first-order valence-corrected chi connectivity index (χ1v) is 6.39. The molecule has 1 heterocycles. The molecule has 0 aliphatic carbocycles. The minimum Gasteiger partial charge on any atom is -0.314 e. The van der Waals surface area contributed by atoms with Crippen molar-refractivity contribution in [2.45, 2.75) is 12.5 Å². The fraction of sp³-hybridized carbons (Fsp3) is 0.462. The van der Waals surface area contributed by atoms with E-state index in [4.69, 9.17) is 5.26 Å². The summed E-state index contributed by atoms with van der Waals surface area (Å²) in [4.78, 5) is 12.3. The molecule has 0 amide bonds. The summed E-state index contributed by atoms with van der Waals surface area (Å²) in [5, 5.41) is 22.9. The van der Waals surface area contributed by atoms with Gasteiger partial charge in [-0.25, -0.2) is 4.39 Å². The molecule has 0 unspecified atom stereocenters. The average molecular weight is 351 g/mol. The van der Waals surface area contributed by atoms with Gasteiger partial charge in [-0.3, -0.25) is 15.0 Å². The highest BCUT2D eigenvalue weighted by Crippen LogP contribution is 2.29. The lowest BCUT2D eigenvalue weighted by Crippen LogP contribution is -2.45. The lowest BCUT2D eigenvalue weighted by atomic mass is 10.0. The number of hydrogen-bond donors (Lipinski definition) is 1. The zero-order valence-corrected chi connectivity index (χ0v) is 13.3. The van der Waals surface area contributed by atoms with Crippen LogP contribution in [0.5, 0.6) is 0 Å². The molecule has 9 heteroatoms. The molecule has 6 nitrogen and oxygen atoms in total. The van der Waals surface area contributed by atoms with Gasteiger partial charge in [-0.2, -0.15) is 5.26 Å². The highest BCUT2D eigenvalue weighted by atomic mass is 35.5. The van der Waals surface area contributed by atoms with Crippen LogP contribution in [0.3, 0.4) is 0 Å². The molecule has 0 bridgehead atoms. The summed E-state index contributed by atoms with van der Waals surface area (Å²) in [6.07, 6.45) is 0.109. The molecule has 1 atom stereocenters. The zero-order valence-electron chi connectivity index (χ0n) is 11.7. The van der Waals surface area contributed by atoms with Gasteiger partial charge in [0.1, 0.15) is 5.82 Å². The smallest absolute Gasteiger partial charge is 0.269 e. The second-order valence-electron chi connectivity index (χ2n) is 4.63. The Morgan fingerprint density at radius 1 is 1.41 bits per heavy atom. The Morgan fingerprint density at radius 2 is 2.05 bits per heavy atom. The third-order valence-electron chi connectivity index (χ3n) is 3.43. The summed E-state index contributed by atoms with van der Waals surface area (Å²) in [5.41, 5.74) is 0.0714. The van der Waals surface area contributed by atoms with E-state index in [1.165, 1.54) is 6.07 Å². The third-order valence-corrected chi connectivity index (χ3v) is 3.43. The second-order valence-corrected chi connectivity index (χ2v) is 4.63. The Labute approximate surface area is 140 Å². The molecule has 2 rings (SSSR count). The monoisotopic (exact) mass is 350 g/mol. The quantitative estimate of drug-likeness (QED) is 0.666. The van der Waals surface area contributed by atoms with E-state index in [2.05, 4.69) is 5.32 Å². The van der Waals surface area contributed by atoms with E-state index in [0.717, 1.165) is 25.2 Å². The van der Waals surface area contributed by atoms with Crippen LogP contribution in [0.4, 0.5) is 10.1 Å². The number of nitrogens with one attached hydrogen (secondary N) is 1. The van der Waals surface area contributed by atoms with Crippen molar-refractivity contribution in [3.8, 4) is 6.07 Å². The van der Waals surface area contributed by atoms with E-state index < -0.39 is 16.8 Å². The number of halogens is 3. The van der Waals surface area contributed by atoms with Crippen molar-refractivity contribution in [2.75, 3.05) is 26.2 Å². The van der Waals surface area contributed by atoms with Crippen LogP contribution in [0.15, 0.2) is 18.2 Å². The van der Waals surface area contributed by atoms with Gasteiger partial charge in [-0.05, 0) is 6.07 Å². The lowest BCUT2D eigenvalue weighted by molar-refractivity contribution is -0.385. The molecule has 1 N–H and O–H groups in total.